The maximum Gasteiger partial charge on any atom is 0.303 e. The van der Waals surface area contributed by atoms with Crippen LogP contribution in [0.15, 0.2) is 24.3 Å². The van der Waals surface area contributed by atoms with Crippen LogP contribution in [0.5, 0.6) is 0 Å². The summed E-state index contributed by atoms with van der Waals surface area (Å²) in [5, 5.41) is 19.9. The van der Waals surface area contributed by atoms with Crippen LogP contribution in [0.3, 0.4) is 0 Å². The molecule has 0 radical (unpaired) electrons. The summed E-state index contributed by atoms with van der Waals surface area (Å²) >= 11 is 1.19. The molecule has 0 aliphatic rings. The number of aliphatic carboxylic acids is 1. The van der Waals surface area contributed by atoms with E-state index in [4.69, 9.17) is 5.11 Å². The molecule has 1 heterocycles. The number of carboxylic acid groups (broad SMARTS) is 1. The van der Waals surface area contributed by atoms with Gasteiger partial charge < -0.3 is 5.11 Å². The van der Waals surface area contributed by atoms with Crippen LogP contribution in [0, 0.1) is 6.92 Å². The number of rotatable bonds is 5. The number of nitrogens with one attached hydrogen (secondary N) is 1. The van der Waals surface area contributed by atoms with Crippen LogP contribution in [-0.2, 0) is 11.2 Å². The van der Waals surface area contributed by atoms with E-state index in [1.54, 1.807) is 12.1 Å². The molecule has 0 unspecified atom stereocenters. The van der Waals surface area contributed by atoms with Gasteiger partial charge in [-0.05, 0) is 18.6 Å². The van der Waals surface area contributed by atoms with Gasteiger partial charge in [0, 0.05) is 12.0 Å². The molecule has 2 aromatic rings. The molecule has 0 saturated heterocycles. The van der Waals surface area contributed by atoms with Crippen LogP contribution in [0.1, 0.15) is 27.3 Å². The fourth-order valence-corrected chi connectivity index (χ4v) is 2.35. The Bertz CT molecular complexity index is 639. The number of carboxylic acids is 1. The van der Waals surface area contributed by atoms with Crippen molar-refractivity contribution >= 4 is 28.3 Å². The molecular weight excluding hydrogens is 278 g/mol. The molecule has 2 N–H and O–H groups in total. The number of carbonyl (C=O) groups excluding carboxylic acids is 1. The smallest absolute Gasteiger partial charge is 0.303 e. The second-order valence-corrected chi connectivity index (χ2v) is 5.23. The van der Waals surface area contributed by atoms with Crippen molar-refractivity contribution in [2.75, 3.05) is 5.32 Å². The first-order valence-corrected chi connectivity index (χ1v) is 6.79. The molecule has 1 aromatic carbocycles. The van der Waals surface area contributed by atoms with Crippen molar-refractivity contribution in [2.24, 2.45) is 0 Å². The average molecular weight is 291 g/mol. The molecule has 0 spiro atoms. The molecule has 1 amide bonds. The van der Waals surface area contributed by atoms with E-state index in [1.807, 2.05) is 19.1 Å². The van der Waals surface area contributed by atoms with Gasteiger partial charge in [0.25, 0.3) is 5.91 Å². The standard InChI is InChI=1S/C13H13N3O3S/c1-8-4-2-3-5-9(8)12(19)14-13-16-15-10(20-13)6-7-11(17)18/h2-5H,6-7H2,1H3,(H,17,18)(H,14,16,19). The molecule has 0 bridgehead atoms. The van der Waals surface area contributed by atoms with Crippen LogP contribution in [0.25, 0.3) is 0 Å². The maximum absolute atomic E-state index is 12.0. The van der Waals surface area contributed by atoms with E-state index < -0.39 is 5.97 Å². The fourth-order valence-electron chi connectivity index (χ4n) is 1.61. The number of nitrogens with zero attached hydrogens (tertiary/aromatic N) is 2. The highest BCUT2D eigenvalue weighted by Crippen LogP contribution is 2.18. The van der Waals surface area contributed by atoms with E-state index in [1.165, 1.54) is 11.3 Å². The highest BCUT2D eigenvalue weighted by molar-refractivity contribution is 7.15. The number of amides is 1. The third kappa shape index (κ3) is 3.61. The second-order valence-electron chi connectivity index (χ2n) is 4.16. The molecular formula is C13H13N3O3S. The number of aryl methyl sites for hydroxylation is 2. The van der Waals surface area contributed by atoms with Crippen molar-refractivity contribution in [1.82, 2.24) is 10.2 Å². The molecule has 0 aliphatic heterocycles. The molecule has 0 aliphatic carbocycles. The highest BCUT2D eigenvalue weighted by Gasteiger charge is 2.12. The zero-order valence-corrected chi connectivity index (χ0v) is 11.6. The molecule has 20 heavy (non-hydrogen) atoms. The van der Waals surface area contributed by atoms with Gasteiger partial charge in [0.15, 0.2) is 0 Å². The fraction of sp³-hybridized carbons (Fsp3) is 0.231. The normalized spacial score (nSPS) is 10.2. The van der Waals surface area contributed by atoms with Crippen LogP contribution >= 0.6 is 11.3 Å². The first-order valence-electron chi connectivity index (χ1n) is 5.97. The van der Waals surface area contributed by atoms with Crippen LogP contribution in [0.2, 0.25) is 0 Å². The topological polar surface area (TPSA) is 92.2 Å². The Balaban J connectivity index is 2.02. The first kappa shape index (κ1) is 14.1. The summed E-state index contributed by atoms with van der Waals surface area (Å²) in [7, 11) is 0. The Morgan fingerprint density at radius 1 is 1.30 bits per heavy atom. The molecule has 0 fully saturated rings. The number of aromatic nitrogens is 2. The summed E-state index contributed by atoms with van der Waals surface area (Å²) in [5.74, 6) is -1.13. The average Bonchev–Trinajstić information content (AvgIpc) is 2.84. The van der Waals surface area contributed by atoms with Gasteiger partial charge in [0.05, 0.1) is 6.42 Å². The van der Waals surface area contributed by atoms with E-state index in [2.05, 4.69) is 15.5 Å². The molecule has 104 valence electrons. The van der Waals surface area contributed by atoms with Gasteiger partial charge in [-0.1, -0.05) is 29.5 Å². The highest BCUT2D eigenvalue weighted by atomic mass is 32.1. The molecule has 1 aromatic heterocycles. The van der Waals surface area contributed by atoms with E-state index >= 15 is 0 Å². The van der Waals surface area contributed by atoms with Crippen molar-refractivity contribution in [1.29, 1.82) is 0 Å². The van der Waals surface area contributed by atoms with Crippen molar-refractivity contribution in [3.8, 4) is 0 Å². The summed E-state index contributed by atoms with van der Waals surface area (Å²) in [4.78, 5) is 22.5. The quantitative estimate of drug-likeness (QED) is 0.880. The Morgan fingerprint density at radius 3 is 2.75 bits per heavy atom. The zero-order chi connectivity index (χ0) is 14.5. The summed E-state index contributed by atoms with van der Waals surface area (Å²) in [6.45, 7) is 1.85. The number of hydrogen-bond donors (Lipinski definition) is 2. The van der Waals surface area contributed by atoms with Gasteiger partial charge in [0.2, 0.25) is 5.13 Å². The number of carbonyl (C=O) groups is 2. The lowest BCUT2D eigenvalue weighted by molar-refractivity contribution is -0.136. The summed E-state index contributed by atoms with van der Waals surface area (Å²) in [6, 6.07) is 7.24. The molecule has 0 atom stereocenters. The van der Waals surface area contributed by atoms with E-state index in [-0.39, 0.29) is 12.3 Å². The van der Waals surface area contributed by atoms with Crippen molar-refractivity contribution in [3.05, 3.63) is 40.4 Å². The lowest BCUT2D eigenvalue weighted by atomic mass is 10.1. The van der Waals surface area contributed by atoms with Crippen LogP contribution in [-0.4, -0.2) is 27.2 Å². The van der Waals surface area contributed by atoms with E-state index in [9.17, 15) is 9.59 Å². The monoisotopic (exact) mass is 291 g/mol. The van der Waals surface area contributed by atoms with Gasteiger partial charge in [-0.25, -0.2) is 0 Å². The third-order valence-corrected chi connectivity index (χ3v) is 3.53. The Labute approximate surface area is 119 Å². The molecule has 6 nitrogen and oxygen atoms in total. The molecule has 2 rings (SSSR count). The van der Waals surface area contributed by atoms with E-state index in [0.29, 0.717) is 22.1 Å². The van der Waals surface area contributed by atoms with Gasteiger partial charge in [-0.2, -0.15) is 0 Å². The number of anilines is 1. The lowest BCUT2D eigenvalue weighted by Gasteiger charge is -2.03. The molecule has 0 saturated carbocycles. The zero-order valence-electron chi connectivity index (χ0n) is 10.8. The minimum atomic E-state index is -0.884. The van der Waals surface area contributed by atoms with Gasteiger partial charge in [-0.3, -0.25) is 14.9 Å². The summed E-state index contributed by atoms with van der Waals surface area (Å²) < 4.78 is 0. The number of hydrogen-bond acceptors (Lipinski definition) is 5. The molecule has 7 heteroatoms. The maximum atomic E-state index is 12.0. The van der Waals surface area contributed by atoms with Gasteiger partial charge >= 0.3 is 5.97 Å². The minimum Gasteiger partial charge on any atom is -0.481 e. The Kier molecular flexibility index (Phi) is 4.41. The van der Waals surface area contributed by atoms with Crippen molar-refractivity contribution in [2.45, 2.75) is 19.8 Å². The first-order chi connectivity index (χ1) is 9.56. The minimum absolute atomic E-state index is 0.000370. The Morgan fingerprint density at radius 2 is 2.05 bits per heavy atom. The van der Waals surface area contributed by atoms with Gasteiger partial charge in [0.1, 0.15) is 5.01 Å². The Hall–Kier alpha value is -2.28. The van der Waals surface area contributed by atoms with Crippen molar-refractivity contribution < 1.29 is 14.7 Å². The second kappa shape index (κ2) is 6.25. The van der Waals surface area contributed by atoms with Crippen LogP contribution < -0.4 is 5.32 Å². The predicted octanol–water partition coefficient (Wildman–Crippen LogP) is 2.12. The predicted molar refractivity (Wildman–Crippen MR) is 75.0 cm³/mol. The summed E-state index contributed by atoms with van der Waals surface area (Å²) in [5.41, 5.74) is 1.45. The number of benzene rings is 1. The van der Waals surface area contributed by atoms with Crippen LogP contribution in [0.4, 0.5) is 5.13 Å². The van der Waals surface area contributed by atoms with Crippen molar-refractivity contribution in [3.63, 3.8) is 0 Å². The van der Waals surface area contributed by atoms with Gasteiger partial charge in [-0.15, -0.1) is 10.2 Å². The SMILES string of the molecule is Cc1ccccc1C(=O)Nc1nnc(CCC(=O)O)s1. The largest absolute Gasteiger partial charge is 0.481 e. The lowest BCUT2D eigenvalue weighted by Crippen LogP contribution is -2.12. The summed E-state index contributed by atoms with van der Waals surface area (Å²) in [6.07, 6.45) is 0.313. The van der Waals surface area contributed by atoms with E-state index in [0.717, 1.165) is 5.56 Å². The third-order valence-electron chi connectivity index (χ3n) is 2.63.